The minimum atomic E-state index is -4.06. The van der Waals surface area contributed by atoms with Gasteiger partial charge in [0.25, 0.3) is 5.69 Å². The number of sulfonamides is 1. The van der Waals surface area contributed by atoms with E-state index in [1.807, 2.05) is 41.5 Å². The van der Waals surface area contributed by atoms with E-state index in [4.69, 9.17) is 9.31 Å². The monoisotopic (exact) mass is 450 g/mol. The summed E-state index contributed by atoms with van der Waals surface area (Å²) in [5, 5.41) is 11.4. The van der Waals surface area contributed by atoms with E-state index in [9.17, 15) is 18.5 Å². The molecule has 0 spiro atoms. The van der Waals surface area contributed by atoms with Gasteiger partial charge in [-0.25, -0.2) is 8.42 Å². The highest BCUT2D eigenvalue weighted by molar-refractivity contribution is 7.89. The van der Waals surface area contributed by atoms with Gasteiger partial charge < -0.3 is 9.31 Å². The Balaban J connectivity index is 1.92. The number of hydrogen-bond acceptors (Lipinski definition) is 6. The SMILES string of the molecule is CCC1=C[C@](C)(CB2OC(C)(C)C(C)(C)O2)CN(S(=O)(=O)c2ccccc2[N+](=O)[O-])C1. The van der Waals surface area contributed by atoms with Crippen LogP contribution in [0.25, 0.3) is 0 Å². The molecule has 1 fully saturated rings. The van der Waals surface area contributed by atoms with Crippen LogP contribution in [0, 0.1) is 15.5 Å². The van der Waals surface area contributed by atoms with Gasteiger partial charge in [-0.1, -0.05) is 37.6 Å². The Morgan fingerprint density at radius 3 is 2.26 bits per heavy atom. The topological polar surface area (TPSA) is 99.0 Å². The van der Waals surface area contributed by atoms with Crippen LogP contribution in [0.2, 0.25) is 6.32 Å². The van der Waals surface area contributed by atoms with Crippen LogP contribution >= 0.6 is 0 Å². The van der Waals surface area contributed by atoms with Crippen LogP contribution in [0.15, 0.2) is 40.8 Å². The van der Waals surface area contributed by atoms with Gasteiger partial charge in [0, 0.05) is 19.2 Å². The van der Waals surface area contributed by atoms with Crippen molar-refractivity contribution >= 4 is 22.8 Å². The number of hydrogen-bond donors (Lipinski definition) is 0. The molecule has 1 atom stereocenters. The highest BCUT2D eigenvalue weighted by Gasteiger charge is 2.53. The van der Waals surface area contributed by atoms with Gasteiger partial charge in [0.2, 0.25) is 10.0 Å². The molecule has 31 heavy (non-hydrogen) atoms. The van der Waals surface area contributed by atoms with Crippen LogP contribution in [-0.4, -0.2) is 49.1 Å². The van der Waals surface area contributed by atoms with E-state index >= 15 is 0 Å². The maximum absolute atomic E-state index is 13.4. The van der Waals surface area contributed by atoms with E-state index in [2.05, 4.69) is 6.08 Å². The van der Waals surface area contributed by atoms with Crippen LogP contribution in [0.4, 0.5) is 5.69 Å². The fourth-order valence-electron chi connectivity index (χ4n) is 4.17. The van der Waals surface area contributed by atoms with E-state index in [0.29, 0.717) is 12.7 Å². The van der Waals surface area contributed by atoms with Crippen LogP contribution < -0.4 is 0 Å². The van der Waals surface area contributed by atoms with Crippen molar-refractivity contribution in [2.24, 2.45) is 5.41 Å². The average Bonchev–Trinajstić information content (AvgIpc) is 2.86. The lowest BCUT2D eigenvalue weighted by molar-refractivity contribution is -0.387. The third kappa shape index (κ3) is 4.57. The molecule has 0 radical (unpaired) electrons. The second-order valence-corrected chi connectivity index (χ2v) is 11.6. The Morgan fingerprint density at radius 2 is 1.71 bits per heavy atom. The normalized spacial score (nSPS) is 26.0. The number of nitro benzene ring substituents is 1. The molecule has 0 unspecified atom stereocenters. The summed E-state index contributed by atoms with van der Waals surface area (Å²) in [6.45, 7) is 12.3. The molecule has 2 aliphatic rings. The summed E-state index contributed by atoms with van der Waals surface area (Å²) in [7, 11) is -4.54. The number of benzene rings is 1. The molecule has 0 amide bonds. The van der Waals surface area contributed by atoms with Crippen molar-refractivity contribution in [1.29, 1.82) is 0 Å². The van der Waals surface area contributed by atoms with Crippen molar-refractivity contribution in [3.63, 3.8) is 0 Å². The second-order valence-electron chi connectivity index (χ2n) is 9.70. The first-order chi connectivity index (χ1) is 14.2. The Hall–Kier alpha value is -1.75. The Kier molecular flexibility index (Phi) is 6.16. The molecule has 10 heteroatoms. The molecule has 2 aliphatic heterocycles. The molecule has 8 nitrogen and oxygen atoms in total. The highest BCUT2D eigenvalue weighted by Crippen LogP contribution is 2.43. The fourth-order valence-corrected chi connectivity index (χ4v) is 5.91. The van der Waals surface area contributed by atoms with Gasteiger partial charge in [0.05, 0.1) is 16.1 Å². The molecular weight excluding hydrogens is 419 g/mol. The van der Waals surface area contributed by atoms with Crippen molar-refractivity contribution in [2.75, 3.05) is 13.1 Å². The molecule has 0 N–H and O–H groups in total. The zero-order valence-corrected chi connectivity index (χ0v) is 19.9. The van der Waals surface area contributed by atoms with Crippen LogP contribution in [0.5, 0.6) is 0 Å². The lowest BCUT2D eigenvalue weighted by Gasteiger charge is -2.38. The molecule has 170 valence electrons. The molecule has 2 heterocycles. The summed E-state index contributed by atoms with van der Waals surface area (Å²) in [5.41, 5.74) is -0.941. The molecule has 1 saturated heterocycles. The van der Waals surface area contributed by atoms with Crippen LogP contribution in [0.1, 0.15) is 48.0 Å². The Labute approximate surface area is 184 Å². The highest BCUT2D eigenvalue weighted by atomic mass is 32.2. The van der Waals surface area contributed by atoms with E-state index in [1.165, 1.54) is 28.6 Å². The first kappa shape index (κ1) is 23.9. The number of nitrogens with zero attached hydrogens (tertiary/aromatic N) is 2. The molecular formula is C21H31BN2O6S. The second kappa shape index (κ2) is 7.99. The Morgan fingerprint density at radius 1 is 1.13 bits per heavy atom. The molecule has 0 aromatic heterocycles. The van der Waals surface area contributed by atoms with E-state index in [-0.39, 0.29) is 18.0 Å². The summed E-state index contributed by atoms with van der Waals surface area (Å²) < 4.78 is 40.5. The molecule has 0 bridgehead atoms. The fraction of sp³-hybridized carbons (Fsp3) is 0.619. The maximum Gasteiger partial charge on any atom is 0.458 e. The average molecular weight is 450 g/mol. The van der Waals surface area contributed by atoms with Crippen molar-refractivity contribution in [3.8, 4) is 0 Å². The predicted molar refractivity (Wildman–Crippen MR) is 119 cm³/mol. The zero-order valence-electron chi connectivity index (χ0n) is 19.0. The standard InChI is InChI=1S/C21H31BN2O6S/c1-7-16-12-21(6,14-22-29-19(2,3)20(4,5)30-22)15-23(13-16)31(27,28)18-11-9-8-10-17(18)24(25)26/h8-12H,7,13-15H2,1-6H3/t21-/m1/s1. The van der Waals surface area contributed by atoms with Gasteiger partial charge in [-0.3, -0.25) is 10.1 Å². The summed E-state index contributed by atoms with van der Waals surface area (Å²) in [6, 6.07) is 5.48. The molecule has 0 aliphatic carbocycles. The van der Waals surface area contributed by atoms with Crippen molar-refractivity contribution in [2.45, 2.75) is 70.4 Å². The summed E-state index contributed by atoms with van der Waals surface area (Å²) in [4.78, 5) is 10.5. The van der Waals surface area contributed by atoms with Crippen molar-refractivity contribution in [3.05, 3.63) is 46.0 Å². The molecule has 0 saturated carbocycles. The number of nitro groups is 1. The van der Waals surface area contributed by atoms with Gasteiger partial charge in [-0.2, -0.15) is 4.31 Å². The predicted octanol–water partition coefficient (Wildman–Crippen LogP) is 4.03. The van der Waals surface area contributed by atoms with Crippen molar-refractivity contribution < 1.29 is 22.6 Å². The van der Waals surface area contributed by atoms with Crippen molar-refractivity contribution in [1.82, 2.24) is 4.31 Å². The van der Waals surface area contributed by atoms with Gasteiger partial charge in [0.1, 0.15) is 0 Å². The van der Waals surface area contributed by atoms with E-state index < -0.39 is 44.4 Å². The van der Waals surface area contributed by atoms with Gasteiger partial charge >= 0.3 is 7.12 Å². The van der Waals surface area contributed by atoms with Gasteiger partial charge in [0.15, 0.2) is 4.90 Å². The van der Waals surface area contributed by atoms with E-state index in [0.717, 1.165) is 5.57 Å². The van der Waals surface area contributed by atoms with Crippen LogP contribution in [0.3, 0.4) is 0 Å². The third-order valence-corrected chi connectivity index (χ3v) is 8.38. The first-order valence-electron chi connectivity index (χ1n) is 10.5. The third-order valence-electron chi connectivity index (χ3n) is 6.54. The zero-order chi connectivity index (χ0) is 23.2. The first-order valence-corrected chi connectivity index (χ1v) is 11.9. The van der Waals surface area contributed by atoms with E-state index in [1.54, 1.807) is 0 Å². The maximum atomic E-state index is 13.4. The molecule has 1 aromatic carbocycles. The Bertz CT molecular complexity index is 991. The lowest BCUT2D eigenvalue weighted by Crippen LogP contribution is -2.45. The minimum Gasteiger partial charge on any atom is -0.403 e. The number of rotatable bonds is 6. The van der Waals surface area contributed by atoms with Crippen LogP contribution in [-0.2, 0) is 19.3 Å². The van der Waals surface area contributed by atoms with Gasteiger partial charge in [-0.15, -0.1) is 0 Å². The summed E-state index contributed by atoms with van der Waals surface area (Å²) in [5.74, 6) is 0. The quantitative estimate of drug-likeness (QED) is 0.281. The summed E-state index contributed by atoms with van der Waals surface area (Å²) in [6.07, 6.45) is 3.28. The number of para-hydroxylation sites is 1. The summed E-state index contributed by atoms with van der Waals surface area (Å²) >= 11 is 0. The molecule has 3 rings (SSSR count). The largest absolute Gasteiger partial charge is 0.458 e. The molecule has 1 aromatic rings. The lowest BCUT2D eigenvalue weighted by atomic mass is 9.67. The smallest absolute Gasteiger partial charge is 0.403 e. The minimum absolute atomic E-state index is 0.189. The van der Waals surface area contributed by atoms with Gasteiger partial charge in [-0.05, 0) is 51.9 Å².